The normalized spacial score (nSPS) is 14.5. The SMILES string of the molecule is CC.CC=CCC(CC)C(C)(C)C.CCCC.CN(C)C1=NCN(C(CCC(C)(C)C)c2ccc(C(=O)O)cc2)C1=O. The number of allylic oxidation sites excluding steroid dienone is 2. The number of unbranched alkanes of at least 4 members (excludes halogenated alkanes) is 1. The Morgan fingerprint density at radius 3 is 1.88 bits per heavy atom. The first-order valence-electron chi connectivity index (χ1n) is 16.0. The molecule has 0 aliphatic carbocycles. The van der Waals surface area contributed by atoms with Crippen LogP contribution in [0.15, 0.2) is 41.4 Å². The lowest BCUT2D eigenvalue weighted by molar-refractivity contribution is -0.125. The Morgan fingerprint density at radius 2 is 1.55 bits per heavy atom. The molecule has 1 amide bonds. The predicted octanol–water partition coefficient (Wildman–Crippen LogP) is 9.87. The summed E-state index contributed by atoms with van der Waals surface area (Å²) in [4.78, 5) is 31.7. The molecule has 42 heavy (non-hydrogen) atoms. The summed E-state index contributed by atoms with van der Waals surface area (Å²) in [5.74, 6) is 0.265. The molecular formula is C36H65N3O3. The van der Waals surface area contributed by atoms with Crippen molar-refractivity contribution in [1.29, 1.82) is 0 Å². The van der Waals surface area contributed by atoms with Crippen LogP contribution in [0.25, 0.3) is 0 Å². The summed E-state index contributed by atoms with van der Waals surface area (Å²) < 4.78 is 0. The van der Waals surface area contributed by atoms with Crippen molar-refractivity contribution in [1.82, 2.24) is 9.80 Å². The quantitative estimate of drug-likeness (QED) is 0.292. The van der Waals surface area contributed by atoms with Gasteiger partial charge in [-0.25, -0.2) is 9.79 Å². The summed E-state index contributed by atoms with van der Waals surface area (Å²) in [5.41, 5.74) is 1.80. The minimum Gasteiger partial charge on any atom is -0.478 e. The van der Waals surface area contributed by atoms with Gasteiger partial charge >= 0.3 is 5.97 Å². The van der Waals surface area contributed by atoms with Crippen LogP contribution in [0.4, 0.5) is 0 Å². The van der Waals surface area contributed by atoms with Gasteiger partial charge < -0.3 is 14.9 Å². The molecule has 0 spiro atoms. The molecule has 1 aromatic carbocycles. The number of hydrogen-bond acceptors (Lipinski definition) is 4. The highest BCUT2D eigenvalue weighted by molar-refractivity contribution is 6.38. The van der Waals surface area contributed by atoms with E-state index in [1.54, 1.807) is 34.1 Å². The molecule has 0 saturated carbocycles. The Balaban J connectivity index is 0. The number of carboxylic acid groups (broad SMARTS) is 1. The van der Waals surface area contributed by atoms with Crippen LogP contribution in [0.5, 0.6) is 0 Å². The van der Waals surface area contributed by atoms with E-state index < -0.39 is 5.97 Å². The molecule has 6 heteroatoms. The number of carboxylic acids is 1. The van der Waals surface area contributed by atoms with Crippen LogP contribution < -0.4 is 0 Å². The highest BCUT2D eigenvalue weighted by Crippen LogP contribution is 2.33. The lowest BCUT2D eigenvalue weighted by atomic mass is 9.77. The van der Waals surface area contributed by atoms with Crippen molar-refractivity contribution in [2.45, 2.75) is 128 Å². The van der Waals surface area contributed by atoms with E-state index in [4.69, 9.17) is 5.11 Å². The minimum absolute atomic E-state index is 0.0776. The molecule has 0 fully saturated rings. The topological polar surface area (TPSA) is 73.2 Å². The summed E-state index contributed by atoms with van der Waals surface area (Å²) >= 11 is 0. The Bertz CT molecular complexity index is 933. The van der Waals surface area contributed by atoms with Gasteiger partial charge in [0.15, 0.2) is 5.84 Å². The van der Waals surface area contributed by atoms with Crippen molar-refractivity contribution in [3.8, 4) is 0 Å². The fourth-order valence-corrected chi connectivity index (χ4v) is 4.33. The van der Waals surface area contributed by atoms with Crippen LogP contribution in [0, 0.1) is 16.7 Å². The zero-order valence-electron chi connectivity index (χ0n) is 29.7. The molecule has 0 bridgehead atoms. The van der Waals surface area contributed by atoms with Crippen LogP contribution in [0.1, 0.15) is 144 Å². The van der Waals surface area contributed by atoms with E-state index in [-0.39, 0.29) is 22.9 Å². The smallest absolute Gasteiger partial charge is 0.335 e. The third kappa shape index (κ3) is 16.1. The molecule has 2 atom stereocenters. The second-order valence-corrected chi connectivity index (χ2v) is 13.1. The fraction of sp³-hybridized carbons (Fsp3) is 0.694. The summed E-state index contributed by atoms with van der Waals surface area (Å²) in [5, 5.41) is 9.09. The molecule has 0 radical (unpaired) electrons. The number of likely N-dealkylation sites (N-methyl/N-ethyl adjacent to an activating group) is 1. The number of carbonyl (C=O) groups excluding carboxylic acids is 1. The first-order valence-corrected chi connectivity index (χ1v) is 16.0. The van der Waals surface area contributed by atoms with E-state index in [1.165, 1.54) is 25.7 Å². The van der Waals surface area contributed by atoms with Crippen LogP contribution >= 0.6 is 0 Å². The Kier molecular flexibility index (Phi) is 20.9. The third-order valence-corrected chi connectivity index (χ3v) is 7.21. The first-order chi connectivity index (χ1) is 19.5. The van der Waals surface area contributed by atoms with Gasteiger partial charge in [-0.2, -0.15) is 0 Å². The molecule has 1 heterocycles. The summed E-state index contributed by atoms with van der Waals surface area (Å²) in [6.07, 6.45) is 11.3. The molecule has 1 aliphatic rings. The van der Waals surface area contributed by atoms with Crippen LogP contribution in [0.3, 0.4) is 0 Å². The van der Waals surface area contributed by atoms with Crippen molar-refractivity contribution in [3.63, 3.8) is 0 Å². The Morgan fingerprint density at radius 1 is 1.02 bits per heavy atom. The lowest BCUT2D eigenvalue weighted by Gasteiger charge is -2.30. The summed E-state index contributed by atoms with van der Waals surface area (Å²) in [6.45, 7) is 26.6. The first kappa shape index (κ1) is 41.5. The van der Waals surface area contributed by atoms with E-state index in [0.717, 1.165) is 24.3 Å². The number of amidine groups is 1. The van der Waals surface area contributed by atoms with Gasteiger partial charge in [0.25, 0.3) is 5.91 Å². The van der Waals surface area contributed by atoms with E-state index >= 15 is 0 Å². The van der Waals surface area contributed by atoms with Gasteiger partial charge in [0.2, 0.25) is 0 Å². The number of nitrogens with zero attached hydrogens (tertiary/aromatic N) is 3. The average molecular weight is 588 g/mol. The zero-order valence-corrected chi connectivity index (χ0v) is 29.7. The van der Waals surface area contributed by atoms with E-state index in [9.17, 15) is 9.59 Å². The van der Waals surface area contributed by atoms with Gasteiger partial charge in [0.1, 0.15) is 6.67 Å². The molecule has 2 unspecified atom stereocenters. The molecule has 2 rings (SSSR count). The third-order valence-electron chi connectivity index (χ3n) is 7.21. The van der Waals surface area contributed by atoms with Crippen LogP contribution in [0.2, 0.25) is 0 Å². The fourth-order valence-electron chi connectivity index (χ4n) is 4.33. The number of aromatic carboxylic acids is 1. The Hall–Kier alpha value is -2.63. The van der Waals surface area contributed by atoms with Gasteiger partial charge in [-0.15, -0.1) is 0 Å². The van der Waals surface area contributed by atoms with E-state index in [0.29, 0.717) is 17.9 Å². The molecule has 0 saturated heterocycles. The molecular weight excluding hydrogens is 522 g/mol. The summed E-state index contributed by atoms with van der Waals surface area (Å²) in [7, 11) is 3.62. The lowest BCUT2D eigenvalue weighted by Crippen LogP contribution is -2.39. The van der Waals surface area contributed by atoms with Crippen molar-refractivity contribution in [2.24, 2.45) is 21.7 Å². The van der Waals surface area contributed by atoms with Crippen molar-refractivity contribution >= 4 is 17.7 Å². The van der Waals surface area contributed by atoms with Gasteiger partial charge in [-0.1, -0.05) is 120 Å². The zero-order chi connectivity index (χ0) is 33.1. The van der Waals surface area contributed by atoms with Crippen molar-refractivity contribution < 1.29 is 14.7 Å². The predicted molar refractivity (Wildman–Crippen MR) is 182 cm³/mol. The number of amides is 1. The van der Waals surface area contributed by atoms with Crippen LogP contribution in [-0.4, -0.2) is 53.4 Å². The highest BCUT2D eigenvalue weighted by atomic mass is 16.4. The van der Waals surface area contributed by atoms with Gasteiger partial charge in [-0.3, -0.25) is 4.79 Å². The number of aliphatic imine (C=N–C) groups is 1. The molecule has 1 N–H and O–H groups in total. The minimum atomic E-state index is -0.951. The monoisotopic (exact) mass is 588 g/mol. The number of hydrogen-bond donors (Lipinski definition) is 1. The average Bonchev–Trinajstić information content (AvgIpc) is 3.31. The second-order valence-electron chi connectivity index (χ2n) is 13.1. The maximum atomic E-state index is 12.7. The van der Waals surface area contributed by atoms with Gasteiger partial charge in [0, 0.05) is 14.1 Å². The van der Waals surface area contributed by atoms with Gasteiger partial charge in [-0.05, 0) is 60.6 Å². The number of carbonyl (C=O) groups is 2. The standard InChI is InChI=1S/C19H27N3O3.C11H22.C4H10.C2H6/c1-19(2,3)11-10-15(13-6-8-14(9-7-13)18(24)25)22-12-20-16(17(22)23)21(4)5;1-6-8-9-10(7-2)11(3,4)5;1-3-4-2;1-2/h6-9,15H,10-12H2,1-5H3,(H,24,25);6,8,10H,7,9H2,1-5H3;3-4H2,1-2H3;1-2H3. The Labute approximate surface area is 259 Å². The molecule has 1 aromatic rings. The maximum absolute atomic E-state index is 12.7. The number of benzene rings is 1. The summed E-state index contributed by atoms with van der Waals surface area (Å²) in [6, 6.07) is 6.68. The highest BCUT2D eigenvalue weighted by Gasteiger charge is 2.34. The largest absolute Gasteiger partial charge is 0.478 e. The maximum Gasteiger partial charge on any atom is 0.335 e. The van der Waals surface area contributed by atoms with E-state index in [2.05, 4.69) is 86.4 Å². The molecule has 242 valence electrons. The molecule has 0 aromatic heterocycles. The second kappa shape index (κ2) is 21.1. The van der Waals surface area contributed by atoms with E-state index in [1.807, 2.05) is 27.9 Å². The van der Waals surface area contributed by atoms with Crippen LogP contribution in [-0.2, 0) is 4.79 Å². The molecule has 1 aliphatic heterocycles. The van der Waals surface area contributed by atoms with Crippen molar-refractivity contribution in [2.75, 3.05) is 20.8 Å². The number of rotatable bonds is 9. The van der Waals surface area contributed by atoms with Crippen molar-refractivity contribution in [3.05, 3.63) is 47.5 Å². The van der Waals surface area contributed by atoms with Gasteiger partial charge in [0.05, 0.1) is 11.6 Å². The molecule has 6 nitrogen and oxygen atoms in total.